The minimum atomic E-state index is -4.57. The van der Waals surface area contributed by atoms with E-state index in [-0.39, 0.29) is 34.0 Å². The number of carbonyl (C=O) groups is 2. The SMILES string of the molecule is CCc1cc2c(c(CC)c1CC)C(=O)c1c(CC)c(CC)c(S(=O)(=O)O)c(CC)c1C2=O. The van der Waals surface area contributed by atoms with Gasteiger partial charge in [0.2, 0.25) is 0 Å². The summed E-state index contributed by atoms with van der Waals surface area (Å²) in [7, 11) is -4.57. The molecule has 6 heteroatoms. The van der Waals surface area contributed by atoms with Gasteiger partial charge in [-0.25, -0.2) is 0 Å². The summed E-state index contributed by atoms with van der Waals surface area (Å²) < 4.78 is 34.9. The van der Waals surface area contributed by atoms with Gasteiger partial charge in [0.1, 0.15) is 4.90 Å². The highest BCUT2D eigenvalue weighted by Crippen LogP contribution is 2.41. The van der Waals surface area contributed by atoms with Gasteiger partial charge in [-0.15, -0.1) is 0 Å². The molecule has 0 spiro atoms. The van der Waals surface area contributed by atoms with Crippen LogP contribution in [-0.4, -0.2) is 24.5 Å². The number of benzene rings is 2. The molecule has 1 N–H and O–H groups in total. The van der Waals surface area contributed by atoms with E-state index in [0.717, 1.165) is 29.5 Å². The van der Waals surface area contributed by atoms with Crippen LogP contribution in [0.3, 0.4) is 0 Å². The Bertz CT molecular complexity index is 1240. The Balaban J connectivity index is 2.58. The molecule has 32 heavy (non-hydrogen) atoms. The molecule has 0 saturated carbocycles. The van der Waals surface area contributed by atoms with Crippen LogP contribution in [0, 0.1) is 0 Å². The summed E-state index contributed by atoms with van der Waals surface area (Å²) in [6.07, 6.45) is 3.10. The molecule has 2 aromatic rings. The second-order valence-corrected chi connectivity index (χ2v) is 9.54. The number of hydrogen-bond donors (Lipinski definition) is 1. The third-order valence-electron chi connectivity index (χ3n) is 6.74. The molecule has 0 amide bonds. The molecule has 0 unspecified atom stereocenters. The van der Waals surface area contributed by atoms with Crippen LogP contribution in [0.2, 0.25) is 0 Å². The zero-order chi connectivity index (χ0) is 24.0. The summed E-state index contributed by atoms with van der Waals surface area (Å²) in [6, 6.07) is 1.82. The van der Waals surface area contributed by atoms with Gasteiger partial charge in [0.15, 0.2) is 11.6 Å². The molecule has 0 atom stereocenters. The topological polar surface area (TPSA) is 88.5 Å². The zero-order valence-electron chi connectivity index (χ0n) is 19.8. The molecule has 0 saturated heterocycles. The fraction of sp³-hybridized carbons (Fsp3) is 0.462. The highest BCUT2D eigenvalue weighted by Gasteiger charge is 2.39. The first kappa shape index (κ1) is 24.3. The number of carbonyl (C=O) groups excluding carboxylic acids is 2. The number of aryl methyl sites for hydroxylation is 1. The average Bonchev–Trinajstić information content (AvgIpc) is 2.77. The van der Waals surface area contributed by atoms with Gasteiger partial charge in [-0.1, -0.05) is 41.5 Å². The Morgan fingerprint density at radius 2 is 1.09 bits per heavy atom. The van der Waals surface area contributed by atoms with Crippen molar-refractivity contribution in [3.63, 3.8) is 0 Å². The molecule has 1 aliphatic carbocycles. The standard InChI is InChI=1S/C26H32O5S/c1-7-14-13-20-21(16(9-3)15(14)8-2)25(28)22-17(10-4)18(11-5)26(32(29,30)31)19(12-6)23(22)24(20)27/h13H,7-12H2,1-6H3,(H,29,30,31). The van der Waals surface area contributed by atoms with E-state index in [1.165, 1.54) is 0 Å². The Hall–Kier alpha value is -2.31. The number of ketones is 2. The zero-order valence-corrected chi connectivity index (χ0v) is 20.6. The second-order valence-electron chi connectivity index (χ2n) is 8.18. The van der Waals surface area contributed by atoms with Crippen molar-refractivity contribution < 1.29 is 22.6 Å². The molecule has 3 rings (SSSR count). The van der Waals surface area contributed by atoms with E-state index in [4.69, 9.17) is 0 Å². The van der Waals surface area contributed by atoms with Crippen molar-refractivity contribution in [2.45, 2.75) is 85.0 Å². The van der Waals surface area contributed by atoms with Crippen molar-refractivity contribution in [1.82, 2.24) is 0 Å². The molecule has 0 bridgehead atoms. The highest BCUT2D eigenvalue weighted by molar-refractivity contribution is 7.86. The van der Waals surface area contributed by atoms with Crippen LogP contribution in [0.4, 0.5) is 0 Å². The fourth-order valence-electron chi connectivity index (χ4n) is 5.48. The van der Waals surface area contributed by atoms with E-state index in [1.54, 1.807) is 13.8 Å². The Kier molecular flexibility index (Phi) is 6.78. The molecule has 0 heterocycles. The maximum atomic E-state index is 14.0. The average molecular weight is 457 g/mol. The summed E-state index contributed by atoms with van der Waals surface area (Å²) in [5.74, 6) is -0.521. The molecule has 1 aliphatic rings. The Morgan fingerprint density at radius 1 is 0.625 bits per heavy atom. The maximum Gasteiger partial charge on any atom is 0.295 e. The van der Waals surface area contributed by atoms with Gasteiger partial charge in [0, 0.05) is 22.3 Å². The lowest BCUT2D eigenvalue weighted by atomic mass is 9.73. The van der Waals surface area contributed by atoms with Crippen molar-refractivity contribution in [3.8, 4) is 0 Å². The van der Waals surface area contributed by atoms with Crippen molar-refractivity contribution >= 4 is 21.7 Å². The third-order valence-corrected chi connectivity index (χ3v) is 7.75. The van der Waals surface area contributed by atoms with Gasteiger partial charge in [-0.3, -0.25) is 14.1 Å². The molecular weight excluding hydrogens is 424 g/mol. The lowest BCUT2D eigenvalue weighted by Gasteiger charge is -2.29. The van der Waals surface area contributed by atoms with E-state index >= 15 is 0 Å². The molecule has 0 radical (unpaired) electrons. The quantitative estimate of drug-likeness (QED) is 0.501. The second kappa shape index (κ2) is 8.91. The maximum absolute atomic E-state index is 14.0. The predicted molar refractivity (Wildman–Crippen MR) is 126 cm³/mol. The van der Waals surface area contributed by atoms with E-state index in [9.17, 15) is 22.6 Å². The Labute approximate surface area is 191 Å². The molecule has 5 nitrogen and oxygen atoms in total. The van der Waals surface area contributed by atoms with Crippen molar-refractivity contribution in [2.24, 2.45) is 0 Å². The first-order valence-electron chi connectivity index (χ1n) is 11.6. The summed E-state index contributed by atoms with van der Waals surface area (Å²) >= 11 is 0. The van der Waals surface area contributed by atoms with E-state index < -0.39 is 10.1 Å². The summed E-state index contributed by atoms with van der Waals surface area (Å²) in [5.41, 5.74) is 5.63. The summed E-state index contributed by atoms with van der Waals surface area (Å²) in [4.78, 5) is 27.7. The van der Waals surface area contributed by atoms with Crippen LogP contribution in [0.5, 0.6) is 0 Å². The van der Waals surface area contributed by atoms with E-state index in [0.29, 0.717) is 47.1 Å². The molecule has 0 aliphatic heterocycles. The first-order chi connectivity index (χ1) is 15.1. The van der Waals surface area contributed by atoms with Gasteiger partial charge in [0.25, 0.3) is 10.1 Å². The first-order valence-corrected chi connectivity index (χ1v) is 13.0. The van der Waals surface area contributed by atoms with Crippen LogP contribution < -0.4 is 0 Å². The third kappa shape index (κ3) is 3.44. The van der Waals surface area contributed by atoms with Gasteiger partial charge < -0.3 is 0 Å². The van der Waals surface area contributed by atoms with Crippen LogP contribution in [0.15, 0.2) is 11.0 Å². The number of fused-ring (bicyclic) bond motifs is 2. The molecular formula is C26H32O5S. The minimum absolute atomic E-state index is 0.153. The van der Waals surface area contributed by atoms with E-state index in [1.807, 2.05) is 26.8 Å². The molecule has 2 aromatic carbocycles. The smallest absolute Gasteiger partial charge is 0.289 e. The lowest BCUT2D eigenvalue weighted by Crippen LogP contribution is -2.29. The summed E-state index contributed by atoms with van der Waals surface area (Å²) in [5, 5.41) is 0. The number of hydrogen-bond acceptors (Lipinski definition) is 4. The highest BCUT2D eigenvalue weighted by atomic mass is 32.2. The summed E-state index contributed by atoms with van der Waals surface area (Å²) in [6.45, 7) is 11.5. The molecule has 172 valence electrons. The van der Waals surface area contributed by atoms with Crippen LogP contribution in [-0.2, 0) is 48.6 Å². The minimum Gasteiger partial charge on any atom is -0.289 e. The van der Waals surface area contributed by atoms with Crippen LogP contribution in [0.1, 0.15) is 107 Å². The van der Waals surface area contributed by atoms with Gasteiger partial charge >= 0.3 is 0 Å². The van der Waals surface area contributed by atoms with Crippen LogP contribution >= 0.6 is 0 Å². The predicted octanol–water partition coefficient (Wildman–Crippen LogP) is 5.08. The fourth-order valence-corrected chi connectivity index (χ4v) is 6.62. The van der Waals surface area contributed by atoms with Crippen molar-refractivity contribution in [2.75, 3.05) is 0 Å². The van der Waals surface area contributed by atoms with Gasteiger partial charge in [-0.05, 0) is 78.0 Å². The van der Waals surface area contributed by atoms with Crippen molar-refractivity contribution in [3.05, 3.63) is 61.7 Å². The number of rotatable bonds is 7. The van der Waals surface area contributed by atoms with Gasteiger partial charge in [0.05, 0.1) is 0 Å². The normalized spacial score (nSPS) is 13.3. The lowest BCUT2D eigenvalue weighted by molar-refractivity contribution is 0.0976. The van der Waals surface area contributed by atoms with Gasteiger partial charge in [-0.2, -0.15) is 8.42 Å². The monoisotopic (exact) mass is 456 g/mol. The van der Waals surface area contributed by atoms with E-state index in [2.05, 4.69) is 6.92 Å². The van der Waals surface area contributed by atoms with Crippen LogP contribution in [0.25, 0.3) is 0 Å². The van der Waals surface area contributed by atoms with Crippen molar-refractivity contribution in [1.29, 1.82) is 0 Å². The molecule has 0 aromatic heterocycles. The largest absolute Gasteiger partial charge is 0.295 e. The molecule has 0 fully saturated rings. The Morgan fingerprint density at radius 3 is 1.53 bits per heavy atom.